The molecule has 1 aromatic rings. The van der Waals surface area contributed by atoms with E-state index >= 15 is 0 Å². The first kappa shape index (κ1) is 14.6. The van der Waals surface area contributed by atoms with Crippen molar-refractivity contribution in [3.8, 4) is 5.88 Å². The Balaban J connectivity index is 2.22. The third-order valence-corrected chi connectivity index (χ3v) is 2.85. The van der Waals surface area contributed by atoms with Crippen LogP contribution in [0.25, 0.3) is 0 Å². The third kappa shape index (κ3) is 3.38. The molecule has 0 aromatic carbocycles. The Hall–Kier alpha value is -1.83. The maximum Gasteiger partial charge on any atom is 0.558 e. The zero-order valence-corrected chi connectivity index (χ0v) is 10.9. The summed E-state index contributed by atoms with van der Waals surface area (Å²) in [4.78, 5) is 24.4. The van der Waals surface area contributed by atoms with Gasteiger partial charge in [-0.2, -0.15) is 0 Å². The van der Waals surface area contributed by atoms with E-state index in [1.807, 2.05) is 6.92 Å². The molecule has 0 saturated heterocycles. The first-order valence-corrected chi connectivity index (χ1v) is 5.96. The van der Waals surface area contributed by atoms with Crippen molar-refractivity contribution in [2.24, 2.45) is 5.92 Å². The molecule has 0 bridgehead atoms. The van der Waals surface area contributed by atoms with Gasteiger partial charge in [0, 0.05) is 19.5 Å². The van der Waals surface area contributed by atoms with Crippen LogP contribution in [0.2, 0.25) is 0 Å². The molecule has 1 aromatic heterocycles. The minimum Gasteiger partial charge on any atom is -0.311 e. The number of anilines is 1. The molecule has 110 valence electrons. The number of fused-ring (bicyclic) bond motifs is 1. The van der Waals surface area contributed by atoms with Crippen molar-refractivity contribution >= 4 is 11.6 Å². The Morgan fingerprint density at radius 2 is 2.15 bits per heavy atom. The first-order chi connectivity index (χ1) is 9.26. The number of aromatic nitrogens is 1. The lowest BCUT2D eigenvalue weighted by Gasteiger charge is -2.31. The standard InChI is InChI=1S/C12H13F3N2O3/c1-7-5-9-10(17(6-7)8(2)18)3-4-11(16-9)19-20-12(13,14)15/h3-4,7H,5-6H2,1-2H3. The van der Waals surface area contributed by atoms with E-state index in [1.165, 1.54) is 19.1 Å². The van der Waals surface area contributed by atoms with Crippen molar-refractivity contribution in [3.63, 3.8) is 0 Å². The van der Waals surface area contributed by atoms with Gasteiger partial charge in [-0.15, -0.1) is 13.2 Å². The van der Waals surface area contributed by atoms with Crippen LogP contribution in [0.4, 0.5) is 18.9 Å². The van der Waals surface area contributed by atoms with E-state index < -0.39 is 6.36 Å². The second kappa shape index (κ2) is 5.28. The molecular weight excluding hydrogens is 277 g/mol. The first-order valence-electron chi connectivity index (χ1n) is 5.96. The number of carbonyl (C=O) groups is 1. The van der Waals surface area contributed by atoms with E-state index in [1.54, 1.807) is 4.90 Å². The molecule has 0 N–H and O–H groups in total. The van der Waals surface area contributed by atoms with Gasteiger partial charge >= 0.3 is 6.36 Å². The summed E-state index contributed by atoms with van der Waals surface area (Å²) in [5.74, 6) is -0.267. The highest BCUT2D eigenvalue weighted by molar-refractivity contribution is 5.92. The largest absolute Gasteiger partial charge is 0.558 e. The average molecular weight is 290 g/mol. The lowest BCUT2D eigenvalue weighted by Crippen LogP contribution is -2.38. The molecule has 20 heavy (non-hydrogen) atoms. The van der Waals surface area contributed by atoms with Crippen molar-refractivity contribution in [1.29, 1.82) is 0 Å². The minimum atomic E-state index is -4.89. The van der Waals surface area contributed by atoms with E-state index in [9.17, 15) is 18.0 Å². The van der Waals surface area contributed by atoms with Gasteiger partial charge in [-0.1, -0.05) is 11.8 Å². The normalized spacial score (nSPS) is 18.6. The van der Waals surface area contributed by atoms with Crippen molar-refractivity contribution in [1.82, 2.24) is 4.98 Å². The van der Waals surface area contributed by atoms with Crippen LogP contribution in [-0.2, 0) is 16.1 Å². The number of alkyl halides is 3. The lowest BCUT2D eigenvalue weighted by molar-refractivity contribution is -0.445. The molecule has 1 aliphatic rings. The molecule has 0 saturated carbocycles. The second-order valence-corrected chi connectivity index (χ2v) is 4.67. The third-order valence-electron chi connectivity index (χ3n) is 2.85. The predicted molar refractivity (Wildman–Crippen MR) is 62.9 cm³/mol. The highest BCUT2D eigenvalue weighted by Gasteiger charge is 2.33. The van der Waals surface area contributed by atoms with E-state index in [-0.39, 0.29) is 17.7 Å². The lowest BCUT2D eigenvalue weighted by atomic mass is 9.98. The Morgan fingerprint density at radius 3 is 2.75 bits per heavy atom. The number of pyridine rings is 1. The quantitative estimate of drug-likeness (QED) is 0.620. The van der Waals surface area contributed by atoms with Crippen molar-refractivity contribution in [2.45, 2.75) is 26.6 Å². The predicted octanol–water partition coefficient (Wildman–Crippen LogP) is 2.46. The molecule has 8 heteroatoms. The van der Waals surface area contributed by atoms with Gasteiger partial charge in [-0.3, -0.25) is 4.79 Å². The number of halogens is 3. The van der Waals surface area contributed by atoms with Crippen LogP contribution >= 0.6 is 0 Å². The van der Waals surface area contributed by atoms with Crippen molar-refractivity contribution in [2.75, 3.05) is 11.4 Å². The van der Waals surface area contributed by atoms with Gasteiger partial charge in [0.2, 0.25) is 5.91 Å². The summed E-state index contributed by atoms with van der Waals surface area (Å²) in [6, 6.07) is 2.74. The minimum absolute atomic E-state index is 0.139. The van der Waals surface area contributed by atoms with E-state index in [0.29, 0.717) is 24.3 Å². The fourth-order valence-electron chi connectivity index (χ4n) is 2.11. The SMILES string of the molecule is CC(=O)N1CC(C)Cc2nc(OOC(F)(F)F)ccc21. The Labute approximate surface area is 113 Å². The van der Waals surface area contributed by atoms with Gasteiger partial charge in [0.05, 0.1) is 11.4 Å². The topological polar surface area (TPSA) is 51.7 Å². The maximum absolute atomic E-state index is 11.9. The van der Waals surface area contributed by atoms with E-state index in [2.05, 4.69) is 14.8 Å². The smallest absolute Gasteiger partial charge is 0.311 e. The van der Waals surface area contributed by atoms with Gasteiger partial charge in [-0.05, 0) is 18.4 Å². The van der Waals surface area contributed by atoms with Crippen LogP contribution in [0.5, 0.6) is 5.88 Å². The van der Waals surface area contributed by atoms with Crippen LogP contribution in [0, 0.1) is 5.92 Å². The highest BCUT2D eigenvalue weighted by Crippen LogP contribution is 2.30. The van der Waals surface area contributed by atoms with Crippen LogP contribution in [0.15, 0.2) is 12.1 Å². The van der Waals surface area contributed by atoms with E-state index in [0.717, 1.165) is 0 Å². The van der Waals surface area contributed by atoms with Crippen LogP contribution < -0.4 is 9.79 Å². The summed E-state index contributed by atoms with van der Waals surface area (Å²) in [5.41, 5.74) is 1.11. The molecule has 1 amide bonds. The monoisotopic (exact) mass is 290 g/mol. The molecule has 0 radical (unpaired) electrons. The highest BCUT2D eigenvalue weighted by atomic mass is 19.4. The summed E-state index contributed by atoms with van der Waals surface area (Å²) < 4.78 is 35.6. The maximum atomic E-state index is 11.9. The van der Waals surface area contributed by atoms with Crippen LogP contribution in [0.1, 0.15) is 19.5 Å². The Morgan fingerprint density at radius 1 is 1.45 bits per heavy atom. The molecule has 1 atom stereocenters. The van der Waals surface area contributed by atoms with Gasteiger partial charge in [0.15, 0.2) is 0 Å². The molecule has 1 unspecified atom stereocenters. The molecule has 0 fully saturated rings. The van der Waals surface area contributed by atoms with Gasteiger partial charge in [0.25, 0.3) is 5.88 Å². The number of carbonyl (C=O) groups excluding carboxylic acids is 1. The van der Waals surface area contributed by atoms with Gasteiger partial charge in [0.1, 0.15) is 0 Å². The fourth-order valence-corrected chi connectivity index (χ4v) is 2.11. The zero-order chi connectivity index (χ0) is 14.9. The van der Waals surface area contributed by atoms with Crippen LogP contribution in [0.3, 0.4) is 0 Å². The number of nitrogens with zero attached hydrogens (tertiary/aromatic N) is 2. The van der Waals surface area contributed by atoms with E-state index in [4.69, 9.17) is 0 Å². The summed E-state index contributed by atoms with van der Waals surface area (Å²) in [6.45, 7) is 3.92. The summed E-state index contributed by atoms with van der Waals surface area (Å²) in [6.07, 6.45) is -4.33. The van der Waals surface area contributed by atoms with Crippen LogP contribution in [-0.4, -0.2) is 23.8 Å². The molecular formula is C12H13F3N2O3. The Bertz CT molecular complexity index is 519. The number of amides is 1. The molecule has 5 nitrogen and oxygen atoms in total. The second-order valence-electron chi connectivity index (χ2n) is 4.67. The summed E-state index contributed by atoms with van der Waals surface area (Å²) in [7, 11) is 0. The average Bonchev–Trinajstić information content (AvgIpc) is 2.33. The van der Waals surface area contributed by atoms with Gasteiger partial charge < -0.3 is 9.79 Å². The number of rotatable bonds is 2. The molecule has 1 aliphatic heterocycles. The zero-order valence-electron chi connectivity index (χ0n) is 10.9. The van der Waals surface area contributed by atoms with Crippen molar-refractivity contribution in [3.05, 3.63) is 17.8 Å². The Kier molecular flexibility index (Phi) is 3.85. The molecule has 0 spiro atoms. The fraction of sp³-hybridized carbons (Fsp3) is 0.500. The summed E-state index contributed by atoms with van der Waals surface area (Å²) in [5, 5.41) is 0. The molecule has 2 rings (SSSR count). The number of hydrogen-bond acceptors (Lipinski definition) is 4. The molecule has 0 aliphatic carbocycles. The molecule has 2 heterocycles. The summed E-state index contributed by atoms with van der Waals surface area (Å²) >= 11 is 0. The number of hydrogen-bond donors (Lipinski definition) is 0. The van der Waals surface area contributed by atoms with Crippen molar-refractivity contribution < 1.29 is 27.7 Å². The van der Waals surface area contributed by atoms with Gasteiger partial charge in [-0.25, -0.2) is 4.98 Å².